The number of carboxylic acid groups (broad SMARTS) is 1. The van der Waals surface area contributed by atoms with E-state index in [1.165, 1.54) is 31.7 Å². The van der Waals surface area contributed by atoms with Crippen molar-refractivity contribution < 1.29 is 42.5 Å². The summed E-state index contributed by atoms with van der Waals surface area (Å²) in [7, 11) is 0. The summed E-state index contributed by atoms with van der Waals surface area (Å²) < 4.78 is 47.0. The maximum absolute atomic E-state index is 15.4. The Labute approximate surface area is 422 Å². The van der Waals surface area contributed by atoms with Crippen LogP contribution in [0.25, 0.3) is 22.3 Å². The molecule has 11 heteroatoms. The molecule has 4 aliphatic rings. The third kappa shape index (κ3) is 16.2. The summed E-state index contributed by atoms with van der Waals surface area (Å²) in [6.45, 7) is 20.0. The molecule has 9 nitrogen and oxygen atoms in total. The molecule has 4 aromatic rings. The van der Waals surface area contributed by atoms with E-state index in [4.69, 9.17) is 14.2 Å². The highest BCUT2D eigenvalue weighted by atomic mass is 19.1. The fourth-order valence-corrected chi connectivity index (χ4v) is 10.6. The van der Waals surface area contributed by atoms with Crippen molar-refractivity contribution in [2.75, 3.05) is 32.8 Å². The molecule has 386 valence electrons. The average Bonchev–Trinajstić information content (AvgIpc) is 3.36. The molecule has 0 unspecified atom stereocenters. The molecule has 4 aromatic carbocycles. The second-order valence-electron chi connectivity index (χ2n) is 22.2. The minimum atomic E-state index is -0.724. The van der Waals surface area contributed by atoms with Gasteiger partial charge in [0.15, 0.2) is 6.29 Å². The normalized spacial score (nSPS) is 21.4. The average molecular weight is 979 g/mol. The van der Waals surface area contributed by atoms with Gasteiger partial charge < -0.3 is 24.6 Å². The van der Waals surface area contributed by atoms with Gasteiger partial charge in [0.25, 0.3) is 0 Å². The van der Waals surface area contributed by atoms with Crippen molar-refractivity contribution in [2.45, 2.75) is 144 Å². The van der Waals surface area contributed by atoms with E-state index in [0.717, 1.165) is 86.1 Å². The van der Waals surface area contributed by atoms with Crippen LogP contribution in [0.3, 0.4) is 0 Å². The number of ether oxygens (including phenoxy) is 3. The number of benzene rings is 4. The second kappa shape index (κ2) is 26.0. The van der Waals surface area contributed by atoms with Gasteiger partial charge in [0, 0.05) is 23.2 Å². The zero-order chi connectivity index (χ0) is 51.1. The molecule has 0 atom stereocenters. The number of halogens is 2. The maximum atomic E-state index is 15.4. The molecule has 2 saturated heterocycles. The molecule has 2 saturated carbocycles. The van der Waals surface area contributed by atoms with Crippen LogP contribution in [-0.4, -0.2) is 73.2 Å². The Hall–Kier alpha value is -5.13. The lowest BCUT2D eigenvalue weighted by Gasteiger charge is -2.37. The number of hydrogen-bond donors (Lipinski definition) is 2. The number of likely N-dealkylation sites (tertiary alicyclic amines) is 1. The van der Waals surface area contributed by atoms with Gasteiger partial charge in [-0.1, -0.05) is 96.1 Å². The molecule has 2 aliphatic heterocycles. The molecule has 4 fully saturated rings. The molecule has 2 aliphatic carbocycles. The highest BCUT2D eigenvalue weighted by Gasteiger charge is 2.32. The Kier molecular flexibility index (Phi) is 20.2. The first-order chi connectivity index (χ1) is 33.9. The first-order valence-electron chi connectivity index (χ1n) is 26.3. The van der Waals surface area contributed by atoms with Crippen molar-refractivity contribution in [2.24, 2.45) is 34.5 Å². The minimum Gasteiger partial charge on any atom is -0.490 e. The Morgan fingerprint density at radius 1 is 0.634 bits per heavy atom. The first kappa shape index (κ1) is 55.2. The van der Waals surface area contributed by atoms with Crippen LogP contribution in [0, 0.1) is 46.1 Å². The van der Waals surface area contributed by atoms with Crippen molar-refractivity contribution in [3.05, 3.63) is 108 Å². The number of aliphatic carboxylic acids is 1. The minimum absolute atomic E-state index is 0.0194. The van der Waals surface area contributed by atoms with Crippen molar-refractivity contribution in [3.8, 4) is 33.8 Å². The fraction of sp³-hybridized carbons (Fsp3) is 0.550. The summed E-state index contributed by atoms with van der Waals surface area (Å²) >= 11 is 0. The van der Waals surface area contributed by atoms with Gasteiger partial charge in [-0.15, -0.1) is 0 Å². The molecule has 0 spiro atoms. The summed E-state index contributed by atoms with van der Waals surface area (Å²) in [6.07, 6.45) is 13.3. The van der Waals surface area contributed by atoms with E-state index in [-0.39, 0.29) is 41.4 Å². The number of aldehydes is 1. The Morgan fingerprint density at radius 2 is 1.10 bits per heavy atom. The molecule has 0 amide bonds. The van der Waals surface area contributed by atoms with Crippen LogP contribution >= 0.6 is 0 Å². The van der Waals surface area contributed by atoms with E-state index in [9.17, 15) is 23.9 Å². The van der Waals surface area contributed by atoms with Gasteiger partial charge in [-0.3, -0.25) is 19.3 Å². The van der Waals surface area contributed by atoms with E-state index < -0.39 is 11.8 Å². The molecule has 8 rings (SSSR count). The van der Waals surface area contributed by atoms with Crippen LogP contribution in [0.1, 0.15) is 141 Å². The van der Waals surface area contributed by atoms with Crippen molar-refractivity contribution in [3.63, 3.8) is 0 Å². The number of carboxylic acids is 1. The van der Waals surface area contributed by atoms with E-state index in [1.54, 1.807) is 12.1 Å². The van der Waals surface area contributed by atoms with E-state index in [1.807, 2.05) is 73.7 Å². The van der Waals surface area contributed by atoms with Crippen LogP contribution in [0.15, 0.2) is 84.9 Å². The highest BCUT2D eigenvalue weighted by Crippen LogP contribution is 2.40. The van der Waals surface area contributed by atoms with Crippen LogP contribution in [0.5, 0.6) is 11.5 Å². The first-order valence-corrected chi connectivity index (χ1v) is 26.3. The van der Waals surface area contributed by atoms with Gasteiger partial charge >= 0.3 is 11.9 Å². The quantitative estimate of drug-likeness (QED) is 0.106. The SMILES string of the molecule is CC(C)(C)C1CCC(Oc2ccc(-c3cccc(C=O)c3F)cc2)CC1.CC(C)(C)C1CCC(Oc2ccc(-c3cccc(CN4CCC(C(=O)O)CC4)c3F)cc2)CC1.CCOC(=O)C1CCNCC1. The monoisotopic (exact) mass is 979 g/mol. The molecular weight excluding hydrogens is 899 g/mol. The number of nitrogens with one attached hydrogen (secondary N) is 1. The highest BCUT2D eigenvalue weighted by molar-refractivity contribution is 5.80. The molecular formula is C60H80F2N2O7. The number of hydrogen-bond acceptors (Lipinski definition) is 8. The predicted octanol–water partition coefficient (Wildman–Crippen LogP) is 13.6. The Bertz CT molecular complexity index is 2290. The lowest BCUT2D eigenvalue weighted by molar-refractivity contribution is -0.149. The van der Waals surface area contributed by atoms with Crippen LogP contribution in [-0.2, 0) is 20.9 Å². The second-order valence-corrected chi connectivity index (χ2v) is 22.2. The number of carbonyl (C=O) groups is 3. The standard InChI is InChI=1S/C29H38FNO3.C23H27FO2.C8H15NO2/c1-29(2,3)23-9-13-25(14-10-23)34-24-11-7-20(8-12-24)26-6-4-5-22(27(26)30)19-31-17-15-21(16-18-31)28(32)33;1-23(2,3)18-9-13-20(14-10-18)26-19-11-7-16(8-12-19)21-6-4-5-17(15-25)22(21)24;1-2-11-8(10)7-3-5-9-6-4-7/h4-8,11-12,21,23,25H,9-10,13-19H2,1-3H3,(H,32,33);4-8,11-12,15,18,20H,9-10,13-14H2,1-3H3;7,9H,2-6H2,1H3. The number of rotatable bonds is 12. The maximum Gasteiger partial charge on any atom is 0.309 e. The molecule has 2 N–H and O–H groups in total. The summed E-state index contributed by atoms with van der Waals surface area (Å²) in [5.74, 6) is 1.64. The lowest BCUT2D eigenvalue weighted by atomic mass is 9.72. The number of carbonyl (C=O) groups excluding carboxylic acids is 2. The molecule has 71 heavy (non-hydrogen) atoms. The van der Waals surface area contributed by atoms with E-state index in [0.29, 0.717) is 72.9 Å². The molecule has 0 aromatic heterocycles. The molecule has 0 radical (unpaired) electrons. The zero-order valence-electron chi connectivity index (χ0n) is 43.5. The smallest absolute Gasteiger partial charge is 0.309 e. The van der Waals surface area contributed by atoms with Crippen LogP contribution < -0.4 is 14.8 Å². The van der Waals surface area contributed by atoms with E-state index in [2.05, 4.69) is 51.8 Å². The van der Waals surface area contributed by atoms with Gasteiger partial charge in [-0.25, -0.2) is 8.78 Å². The number of nitrogens with zero attached hydrogens (tertiary/aromatic N) is 1. The summed E-state index contributed by atoms with van der Waals surface area (Å²) in [6, 6.07) is 25.7. The lowest BCUT2D eigenvalue weighted by Crippen LogP contribution is -2.36. The van der Waals surface area contributed by atoms with Crippen LogP contribution in [0.2, 0.25) is 0 Å². The van der Waals surface area contributed by atoms with E-state index >= 15 is 4.39 Å². The summed E-state index contributed by atoms with van der Waals surface area (Å²) in [5.41, 5.74) is 4.08. The number of esters is 1. The number of piperidine rings is 2. The molecule has 0 bridgehead atoms. The van der Waals surface area contributed by atoms with Gasteiger partial charge in [0.05, 0.1) is 36.2 Å². The fourth-order valence-electron chi connectivity index (χ4n) is 10.6. The Morgan fingerprint density at radius 3 is 1.54 bits per heavy atom. The summed E-state index contributed by atoms with van der Waals surface area (Å²) in [4.78, 5) is 35.4. The summed E-state index contributed by atoms with van der Waals surface area (Å²) in [5, 5.41) is 12.4. The van der Waals surface area contributed by atoms with Crippen molar-refractivity contribution >= 4 is 18.2 Å². The van der Waals surface area contributed by atoms with Crippen molar-refractivity contribution in [1.82, 2.24) is 10.2 Å². The van der Waals surface area contributed by atoms with Crippen molar-refractivity contribution in [1.29, 1.82) is 0 Å². The van der Waals surface area contributed by atoms with Gasteiger partial charge in [0.1, 0.15) is 23.1 Å². The van der Waals surface area contributed by atoms with Gasteiger partial charge in [-0.05, 0) is 174 Å². The predicted molar refractivity (Wildman–Crippen MR) is 279 cm³/mol. The van der Waals surface area contributed by atoms with Gasteiger partial charge in [0.2, 0.25) is 0 Å². The topological polar surface area (TPSA) is 114 Å². The van der Waals surface area contributed by atoms with Crippen LogP contribution in [0.4, 0.5) is 8.78 Å². The van der Waals surface area contributed by atoms with Gasteiger partial charge in [-0.2, -0.15) is 0 Å². The molecule has 2 heterocycles. The third-order valence-corrected chi connectivity index (χ3v) is 15.3. The third-order valence-electron chi connectivity index (χ3n) is 15.3. The largest absolute Gasteiger partial charge is 0.490 e. The zero-order valence-corrected chi connectivity index (χ0v) is 43.5. The Balaban J connectivity index is 0.000000196.